The van der Waals surface area contributed by atoms with Crippen LogP contribution in [0.2, 0.25) is 0 Å². The van der Waals surface area contributed by atoms with Gasteiger partial charge in [0, 0.05) is 38.9 Å². The molecule has 1 saturated heterocycles. The van der Waals surface area contributed by atoms with E-state index in [-0.39, 0.29) is 43.8 Å². The number of carbonyl (C=O) groups excluding carboxylic acids is 6. The van der Waals surface area contributed by atoms with E-state index in [2.05, 4.69) is 16.1 Å². The molecule has 5 N–H and O–H groups in total. The third-order valence-corrected chi connectivity index (χ3v) is 9.96. The molecule has 0 aliphatic carbocycles. The Morgan fingerprint density at radius 2 is 1.83 bits per heavy atom. The highest BCUT2D eigenvalue weighted by Crippen LogP contribution is 2.22. The number of esters is 1. The smallest absolute Gasteiger partial charge is 0.325 e. The standard InChI is InChI=1S/C43H59N5O10/c1-27(2)38-41(54)44-35(26-31-17-13-18-32(50)25-31)42(55)48-24-14-19-34(46-48)43(56)58-36(28(3)16-12-21-37(51)47(6)57-7)20-11-9-8-10-15-29(4)39(52)33(40(53)45-38)23-22-30(5)49/h8-13,15-18,21,25,27,33-36,38-39,46,50,52H,14,19-20,22-24,26H2,1-7H3,(H,44,54)(H,45,53)/t33-,34?,35+,36+,38+,39-/m1/s1. The number of allylic oxidation sites excluding steroid dienone is 6. The molecule has 1 aromatic carbocycles. The van der Waals surface area contributed by atoms with Gasteiger partial charge in [-0.2, -0.15) is 0 Å². The molecule has 58 heavy (non-hydrogen) atoms. The molecule has 1 fully saturated rings. The van der Waals surface area contributed by atoms with Gasteiger partial charge in [-0.05, 0) is 74.8 Å². The summed E-state index contributed by atoms with van der Waals surface area (Å²) in [6, 6.07) is 3.03. The Hall–Kier alpha value is -5.38. The lowest BCUT2D eigenvalue weighted by molar-refractivity contribution is -0.162. The van der Waals surface area contributed by atoms with Gasteiger partial charge in [0.2, 0.25) is 11.8 Å². The summed E-state index contributed by atoms with van der Waals surface area (Å²) >= 11 is 0. The number of rotatable bonds is 10. The SMILES string of the molecule is CON(C)C(=O)C=CC=C(C)[C@@H]1CC=CC=CC=C(C)[C@@H](O)[C@@H](CCC(C)=O)C(=O)N[C@@H](C(C)C)C(=O)N[C@@H](Cc2cccc(O)c2)C(=O)N2CCCC(N2)C(=O)O1. The first-order chi connectivity index (χ1) is 27.5. The summed E-state index contributed by atoms with van der Waals surface area (Å²) in [4.78, 5) is 85.0. The van der Waals surface area contributed by atoms with E-state index in [9.17, 15) is 39.0 Å². The number of benzene rings is 1. The number of hydrogen-bond donors (Lipinski definition) is 5. The zero-order chi connectivity index (χ0) is 42.9. The predicted octanol–water partition coefficient (Wildman–Crippen LogP) is 3.30. The number of fused-ring (bicyclic) bond motifs is 2. The Labute approximate surface area is 340 Å². The number of aliphatic hydroxyl groups excluding tert-OH is 1. The van der Waals surface area contributed by atoms with Gasteiger partial charge >= 0.3 is 5.97 Å². The molecule has 2 aliphatic heterocycles. The zero-order valence-corrected chi connectivity index (χ0v) is 34.5. The number of phenolic OH excluding ortho intramolecular Hbond substituents is 1. The van der Waals surface area contributed by atoms with E-state index in [0.29, 0.717) is 29.6 Å². The first-order valence-corrected chi connectivity index (χ1v) is 19.5. The number of ketones is 1. The number of hydrazine groups is 1. The van der Waals surface area contributed by atoms with Crippen LogP contribution < -0.4 is 16.1 Å². The lowest BCUT2D eigenvalue weighted by Crippen LogP contribution is -2.62. The number of hydroxylamine groups is 2. The second-order valence-corrected chi connectivity index (χ2v) is 14.9. The Morgan fingerprint density at radius 1 is 1.09 bits per heavy atom. The van der Waals surface area contributed by atoms with E-state index >= 15 is 0 Å². The maximum Gasteiger partial charge on any atom is 0.325 e. The summed E-state index contributed by atoms with van der Waals surface area (Å²) in [5.41, 5.74) is 4.62. The van der Waals surface area contributed by atoms with Crippen molar-refractivity contribution in [2.45, 2.75) is 103 Å². The molecule has 4 amide bonds. The largest absolute Gasteiger partial charge is 0.508 e. The van der Waals surface area contributed by atoms with Crippen molar-refractivity contribution in [1.29, 1.82) is 0 Å². The fourth-order valence-electron chi connectivity index (χ4n) is 6.37. The minimum absolute atomic E-state index is 0.0276. The van der Waals surface area contributed by atoms with Crippen molar-refractivity contribution in [2.75, 3.05) is 20.7 Å². The predicted molar refractivity (Wildman–Crippen MR) is 217 cm³/mol. The van der Waals surface area contributed by atoms with Gasteiger partial charge in [-0.3, -0.25) is 33.8 Å². The van der Waals surface area contributed by atoms with Crippen LogP contribution in [0, 0.1) is 11.8 Å². The molecule has 0 spiro atoms. The summed E-state index contributed by atoms with van der Waals surface area (Å²) in [5, 5.41) is 29.5. The average Bonchev–Trinajstić information content (AvgIpc) is 3.18. The molecule has 0 radical (unpaired) electrons. The number of phenols is 1. The molecule has 1 aromatic rings. The third-order valence-electron chi connectivity index (χ3n) is 9.96. The monoisotopic (exact) mass is 805 g/mol. The number of aromatic hydroxyl groups is 1. The number of cyclic esters (lactones) is 1. The third kappa shape index (κ3) is 14.5. The van der Waals surface area contributed by atoms with Crippen molar-refractivity contribution in [3.05, 3.63) is 89.6 Å². The fraction of sp³-hybridized carbons (Fsp3) is 0.488. The van der Waals surface area contributed by atoms with E-state index in [4.69, 9.17) is 9.57 Å². The average molecular weight is 806 g/mol. The van der Waals surface area contributed by atoms with Gasteiger partial charge < -0.3 is 30.4 Å². The Balaban J connectivity index is 2.07. The molecular formula is C43H59N5O10. The van der Waals surface area contributed by atoms with Gasteiger partial charge in [0.15, 0.2) is 0 Å². The van der Waals surface area contributed by atoms with Crippen molar-refractivity contribution in [2.24, 2.45) is 11.8 Å². The lowest BCUT2D eigenvalue weighted by atomic mass is 9.89. The number of amides is 4. The number of nitrogens with zero attached hydrogens (tertiary/aromatic N) is 2. The Bertz CT molecular complexity index is 1780. The highest BCUT2D eigenvalue weighted by atomic mass is 16.7. The summed E-state index contributed by atoms with van der Waals surface area (Å²) in [6.45, 7) is 8.49. The van der Waals surface area contributed by atoms with Crippen LogP contribution in [0.5, 0.6) is 5.75 Å². The quantitative estimate of drug-likeness (QED) is 0.101. The van der Waals surface area contributed by atoms with Gasteiger partial charge in [0.05, 0.1) is 19.1 Å². The second kappa shape index (κ2) is 23.1. The first-order valence-electron chi connectivity index (χ1n) is 19.5. The van der Waals surface area contributed by atoms with Crippen LogP contribution in [0.3, 0.4) is 0 Å². The van der Waals surface area contributed by atoms with Crippen LogP contribution >= 0.6 is 0 Å². The van der Waals surface area contributed by atoms with E-state index in [1.807, 2.05) is 0 Å². The van der Waals surface area contributed by atoms with Crippen LogP contribution in [0.1, 0.15) is 72.3 Å². The molecule has 316 valence electrons. The molecule has 0 saturated carbocycles. The van der Waals surface area contributed by atoms with Crippen LogP contribution in [0.25, 0.3) is 0 Å². The first kappa shape index (κ1) is 47.0. The summed E-state index contributed by atoms with van der Waals surface area (Å²) < 4.78 is 6.01. The van der Waals surface area contributed by atoms with Crippen LogP contribution in [0.15, 0.2) is 84.0 Å². The molecule has 15 nitrogen and oxygen atoms in total. The fourth-order valence-corrected chi connectivity index (χ4v) is 6.37. The minimum Gasteiger partial charge on any atom is -0.508 e. The van der Waals surface area contributed by atoms with Gasteiger partial charge in [-0.15, -0.1) is 0 Å². The summed E-state index contributed by atoms with van der Waals surface area (Å²) in [7, 11) is 2.84. The van der Waals surface area contributed by atoms with Crippen LogP contribution in [0.4, 0.5) is 0 Å². The summed E-state index contributed by atoms with van der Waals surface area (Å²) in [6.07, 6.45) is 12.1. The summed E-state index contributed by atoms with van der Waals surface area (Å²) in [5.74, 6) is -4.57. The van der Waals surface area contributed by atoms with Crippen molar-refractivity contribution in [3.8, 4) is 5.75 Å². The van der Waals surface area contributed by atoms with Gasteiger partial charge in [-0.1, -0.05) is 68.5 Å². The van der Waals surface area contributed by atoms with E-state index in [0.717, 1.165) is 5.06 Å². The van der Waals surface area contributed by atoms with Crippen LogP contribution in [-0.4, -0.2) is 107 Å². The zero-order valence-electron chi connectivity index (χ0n) is 34.5. The van der Waals surface area contributed by atoms with Gasteiger partial charge in [0.1, 0.15) is 35.8 Å². The van der Waals surface area contributed by atoms with E-state index < -0.39 is 71.8 Å². The molecule has 2 bridgehead atoms. The van der Waals surface area contributed by atoms with Crippen LogP contribution in [-0.2, 0) is 44.8 Å². The Morgan fingerprint density at radius 3 is 2.50 bits per heavy atom. The minimum atomic E-state index is -1.29. The Kier molecular flexibility index (Phi) is 18.7. The van der Waals surface area contributed by atoms with Crippen molar-refractivity contribution < 1.29 is 48.6 Å². The molecule has 6 atom stereocenters. The van der Waals surface area contributed by atoms with Gasteiger partial charge in [-0.25, -0.2) is 10.5 Å². The molecule has 2 aliphatic rings. The maximum absolute atomic E-state index is 14.3. The second-order valence-electron chi connectivity index (χ2n) is 14.9. The number of ether oxygens (including phenoxy) is 1. The van der Waals surface area contributed by atoms with Gasteiger partial charge in [0.25, 0.3) is 11.8 Å². The number of carbonyl (C=O) groups is 6. The van der Waals surface area contributed by atoms with E-state index in [1.54, 1.807) is 76.3 Å². The van der Waals surface area contributed by atoms with Crippen molar-refractivity contribution in [3.63, 3.8) is 0 Å². The lowest BCUT2D eigenvalue weighted by Gasteiger charge is -2.36. The molecular weight excluding hydrogens is 746 g/mol. The van der Waals surface area contributed by atoms with Crippen molar-refractivity contribution in [1.82, 2.24) is 26.1 Å². The normalized spacial score (nSPS) is 24.7. The number of Topliss-reactive ketones (excluding diaryl/α,β-unsaturated/α-hetero) is 1. The highest BCUT2D eigenvalue weighted by molar-refractivity contribution is 5.93. The van der Waals surface area contributed by atoms with Crippen molar-refractivity contribution >= 4 is 35.4 Å². The molecule has 15 heteroatoms. The van der Waals surface area contributed by atoms with E-state index in [1.165, 1.54) is 50.4 Å². The maximum atomic E-state index is 14.3. The number of aliphatic hydroxyl groups is 1. The molecule has 2 heterocycles. The number of likely N-dealkylation sites (N-methyl/N-ethyl adjacent to an activating group) is 1. The number of hydrogen-bond acceptors (Lipinski definition) is 11. The number of nitrogens with one attached hydrogen (secondary N) is 3. The highest BCUT2D eigenvalue weighted by Gasteiger charge is 2.37. The molecule has 3 rings (SSSR count). The molecule has 0 aromatic heterocycles. The molecule has 1 unspecified atom stereocenters. The topological polar surface area (TPSA) is 204 Å².